The Balaban J connectivity index is 1.64. The van der Waals surface area contributed by atoms with E-state index >= 15 is 0 Å². The lowest BCUT2D eigenvalue weighted by molar-refractivity contribution is 0.122. The Hall–Kier alpha value is -2.87. The van der Waals surface area contributed by atoms with Crippen LogP contribution in [0.1, 0.15) is 12.5 Å². The van der Waals surface area contributed by atoms with Crippen LogP contribution in [-0.4, -0.2) is 54.2 Å². The fourth-order valence-corrected chi connectivity index (χ4v) is 2.43. The third-order valence-electron chi connectivity index (χ3n) is 3.68. The topological polar surface area (TPSA) is 92.1 Å². The summed E-state index contributed by atoms with van der Waals surface area (Å²) in [5, 5.41) is 14.1. The van der Waals surface area contributed by atoms with Gasteiger partial charge in [0.15, 0.2) is 5.82 Å². The van der Waals surface area contributed by atoms with Crippen molar-refractivity contribution in [3.05, 3.63) is 36.2 Å². The number of aromatic nitrogens is 2. The summed E-state index contributed by atoms with van der Waals surface area (Å²) in [6.45, 7) is 5.44. The summed E-state index contributed by atoms with van der Waals surface area (Å²) in [5.74, 6) is 2.14. The van der Waals surface area contributed by atoms with Gasteiger partial charge in [-0.25, -0.2) is 9.97 Å². The lowest BCUT2D eigenvalue weighted by atomic mass is 10.2. The zero-order chi connectivity index (χ0) is 17.5. The standard InChI is InChI=1S/C17H21N5O3/c1-2-25-14-4-3-13(15(23)9-14)11-20-21-16-10-17(19-12-18-16)22-5-7-24-8-6-22/h3-4,9-12,23H,2,5-8H2,1H3,(H,18,19,21)/b20-11+. The Morgan fingerprint density at radius 1 is 1.32 bits per heavy atom. The average Bonchev–Trinajstić information content (AvgIpc) is 2.65. The maximum absolute atomic E-state index is 9.99. The molecule has 1 aliphatic heterocycles. The number of hydrazone groups is 1. The third-order valence-corrected chi connectivity index (χ3v) is 3.68. The molecule has 0 unspecified atom stereocenters. The molecule has 1 aliphatic rings. The number of nitrogens with one attached hydrogen (secondary N) is 1. The Labute approximate surface area is 146 Å². The molecule has 0 amide bonds. The molecule has 1 aromatic heterocycles. The Bertz CT molecular complexity index is 732. The summed E-state index contributed by atoms with van der Waals surface area (Å²) in [7, 11) is 0. The highest BCUT2D eigenvalue weighted by Crippen LogP contribution is 2.22. The molecular formula is C17H21N5O3. The molecule has 1 fully saturated rings. The number of anilines is 2. The van der Waals surface area contributed by atoms with Gasteiger partial charge in [-0.05, 0) is 19.1 Å². The van der Waals surface area contributed by atoms with Gasteiger partial charge in [-0.3, -0.25) is 5.43 Å². The Morgan fingerprint density at radius 2 is 2.16 bits per heavy atom. The number of aromatic hydroxyl groups is 1. The summed E-state index contributed by atoms with van der Waals surface area (Å²) in [6.07, 6.45) is 3.03. The number of nitrogens with zero attached hydrogens (tertiary/aromatic N) is 4. The van der Waals surface area contributed by atoms with E-state index in [1.165, 1.54) is 12.5 Å². The number of hydrogen-bond donors (Lipinski definition) is 2. The van der Waals surface area contributed by atoms with E-state index in [0.29, 0.717) is 37.0 Å². The SMILES string of the molecule is CCOc1ccc(/C=N/Nc2cc(N3CCOCC3)ncn2)c(O)c1. The van der Waals surface area contributed by atoms with Gasteiger partial charge in [0.2, 0.25) is 0 Å². The van der Waals surface area contributed by atoms with E-state index in [2.05, 4.69) is 25.4 Å². The van der Waals surface area contributed by atoms with E-state index in [-0.39, 0.29) is 5.75 Å². The smallest absolute Gasteiger partial charge is 0.151 e. The lowest BCUT2D eigenvalue weighted by Gasteiger charge is -2.27. The first kappa shape index (κ1) is 17.0. The van der Waals surface area contributed by atoms with Crippen molar-refractivity contribution in [1.82, 2.24) is 9.97 Å². The molecule has 2 N–H and O–H groups in total. The second-order valence-electron chi connectivity index (χ2n) is 5.38. The van der Waals surface area contributed by atoms with Crippen molar-refractivity contribution in [1.29, 1.82) is 0 Å². The number of hydrogen-bond acceptors (Lipinski definition) is 8. The molecule has 132 valence electrons. The molecule has 2 heterocycles. The molecule has 0 bridgehead atoms. The van der Waals surface area contributed by atoms with Gasteiger partial charge in [0.1, 0.15) is 23.6 Å². The second kappa shape index (κ2) is 8.29. The molecule has 8 nitrogen and oxygen atoms in total. The van der Waals surface area contributed by atoms with Gasteiger partial charge >= 0.3 is 0 Å². The molecular weight excluding hydrogens is 322 g/mol. The first-order chi connectivity index (χ1) is 12.3. The summed E-state index contributed by atoms with van der Waals surface area (Å²) in [4.78, 5) is 10.6. The minimum Gasteiger partial charge on any atom is -0.507 e. The molecule has 3 rings (SSSR count). The van der Waals surface area contributed by atoms with Crippen LogP contribution in [0.15, 0.2) is 35.7 Å². The maximum Gasteiger partial charge on any atom is 0.151 e. The highest BCUT2D eigenvalue weighted by atomic mass is 16.5. The van der Waals surface area contributed by atoms with Crippen molar-refractivity contribution in [3.63, 3.8) is 0 Å². The van der Waals surface area contributed by atoms with Gasteiger partial charge in [0.05, 0.1) is 26.0 Å². The van der Waals surface area contributed by atoms with Gasteiger partial charge in [-0.1, -0.05) is 0 Å². The normalized spacial score (nSPS) is 14.7. The van der Waals surface area contributed by atoms with Crippen LogP contribution in [0.4, 0.5) is 11.6 Å². The fraction of sp³-hybridized carbons (Fsp3) is 0.353. The van der Waals surface area contributed by atoms with Crippen molar-refractivity contribution in [3.8, 4) is 11.5 Å². The van der Waals surface area contributed by atoms with Crippen LogP contribution < -0.4 is 15.1 Å². The highest BCUT2D eigenvalue weighted by Gasteiger charge is 2.12. The van der Waals surface area contributed by atoms with E-state index in [1.54, 1.807) is 18.2 Å². The summed E-state index contributed by atoms with van der Waals surface area (Å²) >= 11 is 0. The minimum atomic E-state index is 0.105. The molecule has 0 aliphatic carbocycles. The molecule has 0 radical (unpaired) electrons. The predicted octanol–water partition coefficient (Wildman–Crippen LogP) is 1.86. The number of morpholine rings is 1. The van der Waals surface area contributed by atoms with Crippen molar-refractivity contribution < 1.29 is 14.6 Å². The number of phenols is 1. The zero-order valence-corrected chi connectivity index (χ0v) is 14.1. The Kier molecular flexibility index (Phi) is 5.63. The predicted molar refractivity (Wildman–Crippen MR) is 95.6 cm³/mol. The van der Waals surface area contributed by atoms with Crippen molar-refractivity contribution in [2.45, 2.75) is 6.92 Å². The molecule has 1 aromatic carbocycles. The van der Waals surface area contributed by atoms with Crippen LogP contribution in [0, 0.1) is 0 Å². The van der Waals surface area contributed by atoms with Gasteiger partial charge < -0.3 is 19.5 Å². The van der Waals surface area contributed by atoms with Crippen LogP contribution in [0.25, 0.3) is 0 Å². The monoisotopic (exact) mass is 343 g/mol. The third kappa shape index (κ3) is 4.57. The van der Waals surface area contributed by atoms with Crippen LogP contribution >= 0.6 is 0 Å². The lowest BCUT2D eigenvalue weighted by Crippen LogP contribution is -2.36. The molecule has 2 aromatic rings. The van der Waals surface area contributed by atoms with Crippen molar-refractivity contribution in [2.75, 3.05) is 43.2 Å². The molecule has 0 saturated carbocycles. The van der Waals surface area contributed by atoms with Crippen molar-refractivity contribution >= 4 is 17.9 Å². The van der Waals surface area contributed by atoms with Crippen LogP contribution in [0.3, 0.4) is 0 Å². The van der Waals surface area contributed by atoms with E-state index < -0.39 is 0 Å². The number of benzene rings is 1. The fourth-order valence-electron chi connectivity index (χ4n) is 2.43. The molecule has 0 atom stereocenters. The van der Waals surface area contributed by atoms with E-state index in [1.807, 2.05) is 13.0 Å². The van der Waals surface area contributed by atoms with Crippen molar-refractivity contribution in [2.24, 2.45) is 5.10 Å². The van der Waals surface area contributed by atoms with E-state index in [9.17, 15) is 5.11 Å². The maximum atomic E-state index is 9.99. The highest BCUT2D eigenvalue weighted by molar-refractivity contribution is 5.84. The number of rotatable bonds is 6. The second-order valence-corrected chi connectivity index (χ2v) is 5.38. The first-order valence-corrected chi connectivity index (χ1v) is 8.16. The average molecular weight is 343 g/mol. The minimum absolute atomic E-state index is 0.105. The van der Waals surface area contributed by atoms with Gasteiger partial charge in [-0.15, -0.1) is 0 Å². The number of phenolic OH excluding ortho intramolecular Hbond substituents is 1. The van der Waals surface area contributed by atoms with Gasteiger partial charge in [0, 0.05) is 30.8 Å². The van der Waals surface area contributed by atoms with Crippen LogP contribution in [0.5, 0.6) is 11.5 Å². The molecule has 0 spiro atoms. The van der Waals surface area contributed by atoms with E-state index in [0.717, 1.165) is 18.9 Å². The van der Waals surface area contributed by atoms with E-state index in [4.69, 9.17) is 9.47 Å². The quantitative estimate of drug-likeness (QED) is 0.611. The Morgan fingerprint density at radius 3 is 2.92 bits per heavy atom. The van der Waals surface area contributed by atoms with Gasteiger partial charge in [-0.2, -0.15) is 5.10 Å². The number of ether oxygens (including phenoxy) is 2. The molecule has 8 heteroatoms. The van der Waals surface area contributed by atoms with Crippen LogP contribution in [-0.2, 0) is 4.74 Å². The van der Waals surface area contributed by atoms with Crippen LogP contribution in [0.2, 0.25) is 0 Å². The molecule has 25 heavy (non-hydrogen) atoms. The molecule has 1 saturated heterocycles. The summed E-state index contributed by atoms with van der Waals surface area (Å²) in [6, 6.07) is 6.92. The summed E-state index contributed by atoms with van der Waals surface area (Å²) < 4.78 is 10.7. The zero-order valence-electron chi connectivity index (χ0n) is 14.1. The first-order valence-electron chi connectivity index (χ1n) is 8.16. The summed E-state index contributed by atoms with van der Waals surface area (Å²) in [5.41, 5.74) is 3.44. The van der Waals surface area contributed by atoms with Gasteiger partial charge in [0.25, 0.3) is 0 Å². The largest absolute Gasteiger partial charge is 0.507 e.